The topological polar surface area (TPSA) is 95.5 Å². The highest BCUT2D eigenvalue weighted by Gasteiger charge is 2.23. The molecule has 1 atom stereocenters. The van der Waals surface area contributed by atoms with Gasteiger partial charge in [0, 0.05) is 11.3 Å². The Bertz CT molecular complexity index is 581. The fourth-order valence-corrected chi connectivity index (χ4v) is 3.01. The number of carboxylic acids is 1. The molecular formula is C16H24N2O4S. The lowest BCUT2D eigenvalue weighted by molar-refractivity contribution is -0.139. The molecule has 0 aliphatic heterocycles. The van der Waals surface area contributed by atoms with E-state index in [0.29, 0.717) is 23.4 Å². The molecule has 0 spiro atoms. The monoisotopic (exact) mass is 340 g/mol. The number of hydrogen-bond acceptors (Lipinski definition) is 4. The maximum Gasteiger partial charge on any atom is 0.326 e. The van der Waals surface area contributed by atoms with Gasteiger partial charge < -0.3 is 15.7 Å². The molecule has 0 aliphatic rings. The molecule has 128 valence electrons. The first-order valence-electron chi connectivity index (χ1n) is 7.74. The van der Waals surface area contributed by atoms with Crippen LogP contribution in [0.4, 0.5) is 5.00 Å². The number of carbonyl (C=O) groups is 3. The first-order valence-corrected chi connectivity index (χ1v) is 8.56. The second kappa shape index (κ2) is 8.67. The van der Waals surface area contributed by atoms with Crippen LogP contribution in [0.2, 0.25) is 0 Å². The molecule has 0 saturated carbocycles. The molecule has 6 nitrogen and oxygen atoms in total. The van der Waals surface area contributed by atoms with E-state index >= 15 is 0 Å². The third kappa shape index (κ3) is 5.67. The van der Waals surface area contributed by atoms with E-state index < -0.39 is 17.9 Å². The highest BCUT2D eigenvalue weighted by Crippen LogP contribution is 2.29. The van der Waals surface area contributed by atoms with Crippen molar-refractivity contribution in [2.45, 2.75) is 53.0 Å². The van der Waals surface area contributed by atoms with Gasteiger partial charge in [0.25, 0.3) is 5.91 Å². The van der Waals surface area contributed by atoms with Crippen molar-refractivity contribution >= 4 is 34.1 Å². The van der Waals surface area contributed by atoms with Crippen LogP contribution in [0.1, 0.15) is 55.8 Å². The lowest BCUT2D eigenvalue weighted by Crippen LogP contribution is -2.40. The predicted molar refractivity (Wildman–Crippen MR) is 91.0 cm³/mol. The first kappa shape index (κ1) is 19.2. The molecule has 1 aromatic heterocycles. The number of rotatable bonds is 8. The van der Waals surface area contributed by atoms with E-state index in [2.05, 4.69) is 10.6 Å². The summed E-state index contributed by atoms with van der Waals surface area (Å²) in [6.45, 7) is 7.53. The number of aryl methyl sites for hydroxylation is 1. The first-order chi connectivity index (χ1) is 10.8. The van der Waals surface area contributed by atoms with Gasteiger partial charge in [-0.05, 0) is 24.8 Å². The highest BCUT2D eigenvalue weighted by atomic mass is 32.1. The van der Waals surface area contributed by atoms with Crippen molar-refractivity contribution in [3.8, 4) is 0 Å². The van der Waals surface area contributed by atoms with Crippen LogP contribution in [-0.4, -0.2) is 28.9 Å². The Labute approximate surface area is 140 Å². The van der Waals surface area contributed by atoms with E-state index in [4.69, 9.17) is 5.11 Å². The predicted octanol–water partition coefficient (Wildman–Crippen LogP) is 2.89. The molecule has 0 aliphatic carbocycles. The molecule has 0 aromatic carbocycles. The van der Waals surface area contributed by atoms with E-state index in [1.54, 1.807) is 13.0 Å². The third-order valence-electron chi connectivity index (χ3n) is 3.23. The Hall–Kier alpha value is -1.89. The van der Waals surface area contributed by atoms with Crippen molar-refractivity contribution in [1.29, 1.82) is 0 Å². The van der Waals surface area contributed by atoms with Gasteiger partial charge in [0.05, 0.1) is 5.56 Å². The van der Waals surface area contributed by atoms with Gasteiger partial charge in [-0.1, -0.05) is 27.7 Å². The van der Waals surface area contributed by atoms with Crippen molar-refractivity contribution in [3.05, 3.63) is 16.5 Å². The average Bonchev–Trinajstić information content (AvgIpc) is 2.86. The lowest BCUT2D eigenvalue weighted by Gasteiger charge is -2.13. The number of aliphatic carboxylic acids is 1. The zero-order valence-corrected chi connectivity index (χ0v) is 14.8. The highest BCUT2D eigenvalue weighted by molar-refractivity contribution is 7.16. The molecule has 2 amide bonds. The van der Waals surface area contributed by atoms with Crippen molar-refractivity contribution in [2.24, 2.45) is 5.92 Å². The van der Waals surface area contributed by atoms with E-state index in [1.807, 2.05) is 20.8 Å². The summed E-state index contributed by atoms with van der Waals surface area (Å²) in [5.41, 5.74) is 0.323. The maximum absolute atomic E-state index is 12.4. The molecule has 1 heterocycles. The van der Waals surface area contributed by atoms with E-state index in [-0.39, 0.29) is 11.8 Å². The second-order valence-electron chi connectivity index (χ2n) is 5.73. The fraction of sp³-hybridized carbons (Fsp3) is 0.562. The summed E-state index contributed by atoms with van der Waals surface area (Å²) in [6.07, 6.45) is 1.40. The lowest BCUT2D eigenvalue weighted by atomic mass is 10.1. The summed E-state index contributed by atoms with van der Waals surface area (Å²) in [6, 6.07) is 0.770. The molecule has 0 saturated heterocycles. The summed E-state index contributed by atoms with van der Waals surface area (Å²) in [4.78, 5) is 36.3. The molecular weight excluding hydrogens is 316 g/mol. The molecule has 1 unspecified atom stereocenters. The summed E-state index contributed by atoms with van der Waals surface area (Å²) >= 11 is 1.35. The van der Waals surface area contributed by atoms with Crippen LogP contribution in [-0.2, 0) is 16.0 Å². The molecule has 1 aromatic rings. The zero-order valence-electron chi connectivity index (χ0n) is 13.9. The number of anilines is 1. The quantitative estimate of drug-likeness (QED) is 0.678. The molecule has 23 heavy (non-hydrogen) atoms. The minimum atomic E-state index is -1.07. The summed E-state index contributed by atoms with van der Waals surface area (Å²) in [5, 5.41) is 14.8. The van der Waals surface area contributed by atoms with Crippen LogP contribution in [0, 0.1) is 5.92 Å². The van der Waals surface area contributed by atoms with Crippen LogP contribution in [0.25, 0.3) is 0 Å². The molecule has 0 bridgehead atoms. The Balaban J connectivity index is 2.96. The molecule has 0 fully saturated rings. The van der Waals surface area contributed by atoms with Crippen LogP contribution < -0.4 is 10.6 Å². The van der Waals surface area contributed by atoms with Gasteiger partial charge in [-0.25, -0.2) is 4.79 Å². The largest absolute Gasteiger partial charge is 0.480 e. The SMILES string of the molecule is CCc1cc(C(=O)NC(CC)C(=O)O)c(NC(=O)CC(C)C)s1. The molecule has 3 N–H and O–H groups in total. The second-order valence-corrected chi connectivity index (χ2v) is 6.86. The summed E-state index contributed by atoms with van der Waals surface area (Å²) in [7, 11) is 0. The summed E-state index contributed by atoms with van der Waals surface area (Å²) in [5.74, 6) is -1.48. The summed E-state index contributed by atoms with van der Waals surface area (Å²) < 4.78 is 0. The maximum atomic E-state index is 12.4. The third-order valence-corrected chi connectivity index (χ3v) is 4.43. The van der Waals surface area contributed by atoms with Gasteiger partial charge >= 0.3 is 5.97 Å². The van der Waals surface area contributed by atoms with E-state index in [0.717, 1.165) is 11.3 Å². The van der Waals surface area contributed by atoms with Crippen molar-refractivity contribution in [1.82, 2.24) is 5.32 Å². The normalized spacial score (nSPS) is 12.0. The minimum absolute atomic E-state index is 0.149. The van der Waals surface area contributed by atoms with Gasteiger partial charge in [0.1, 0.15) is 11.0 Å². The molecule has 7 heteroatoms. The smallest absolute Gasteiger partial charge is 0.326 e. The van der Waals surface area contributed by atoms with Crippen LogP contribution >= 0.6 is 11.3 Å². The van der Waals surface area contributed by atoms with Gasteiger partial charge in [0.15, 0.2) is 0 Å². The number of carbonyl (C=O) groups excluding carboxylic acids is 2. The minimum Gasteiger partial charge on any atom is -0.480 e. The van der Waals surface area contributed by atoms with E-state index in [9.17, 15) is 14.4 Å². The van der Waals surface area contributed by atoms with Crippen molar-refractivity contribution < 1.29 is 19.5 Å². The van der Waals surface area contributed by atoms with Gasteiger partial charge in [-0.2, -0.15) is 0 Å². The van der Waals surface area contributed by atoms with Crippen molar-refractivity contribution in [3.63, 3.8) is 0 Å². The Morgan fingerprint density at radius 2 is 1.91 bits per heavy atom. The molecule has 1 rings (SSSR count). The standard InChI is InChI=1S/C16H24N2O4S/c1-5-10-8-11(14(20)17-12(6-2)16(21)22)15(23-10)18-13(19)7-9(3)4/h8-9,12H,5-7H2,1-4H3,(H,17,20)(H,18,19)(H,21,22). The number of hydrogen-bond donors (Lipinski definition) is 3. The number of thiophene rings is 1. The average molecular weight is 340 g/mol. The Kier molecular flexibility index (Phi) is 7.22. The molecule has 0 radical (unpaired) electrons. The van der Waals surface area contributed by atoms with Crippen LogP contribution in [0.5, 0.6) is 0 Å². The Morgan fingerprint density at radius 1 is 1.26 bits per heavy atom. The number of amides is 2. The zero-order chi connectivity index (χ0) is 17.6. The van der Waals surface area contributed by atoms with Crippen LogP contribution in [0.3, 0.4) is 0 Å². The van der Waals surface area contributed by atoms with Gasteiger partial charge in [-0.15, -0.1) is 11.3 Å². The van der Waals surface area contributed by atoms with Gasteiger partial charge in [0.2, 0.25) is 5.91 Å². The van der Waals surface area contributed by atoms with E-state index in [1.165, 1.54) is 11.3 Å². The van der Waals surface area contributed by atoms with Gasteiger partial charge in [-0.3, -0.25) is 9.59 Å². The number of nitrogens with one attached hydrogen (secondary N) is 2. The Morgan fingerprint density at radius 3 is 2.39 bits per heavy atom. The van der Waals surface area contributed by atoms with Crippen molar-refractivity contribution in [2.75, 3.05) is 5.32 Å². The number of carboxylic acid groups (broad SMARTS) is 1. The van der Waals surface area contributed by atoms with Crippen LogP contribution in [0.15, 0.2) is 6.07 Å². The fourth-order valence-electron chi connectivity index (χ4n) is 2.00.